The molecule has 0 unspecified atom stereocenters. The first-order chi connectivity index (χ1) is 13.1. The summed E-state index contributed by atoms with van der Waals surface area (Å²) < 4.78 is 5.68. The van der Waals surface area contributed by atoms with Crippen molar-refractivity contribution >= 4 is 41.5 Å². The average molecular weight is 492 g/mol. The number of amides is 1. The third kappa shape index (κ3) is 7.88. The number of carbonyl (C=O) groups excluding carboxylic acids is 1. The molecule has 1 amide bonds. The molecule has 0 atom stereocenters. The number of aliphatic imine (C=N–C) groups is 1. The van der Waals surface area contributed by atoms with E-state index in [1.807, 2.05) is 48.3 Å². The number of carbonyl (C=O) groups is 1. The maximum Gasteiger partial charge on any atom is 0.243 e. The van der Waals surface area contributed by atoms with E-state index < -0.39 is 0 Å². The predicted octanol–water partition coefficient (Wildman–Crippen LogP) is 2.81. The van der Waals surface area contributed by atoms with E-state index in [-0.39, 0.29) is 36.4 Å². The highest BCUT2D eigenvalue weighted by Gasteiger charge is 2.09. The number of nitrogens with zero attached hydrogens (tertiary/aromatic N) is 2. The van der Waals surface area contributed by atoms with Crippen LogP contribution in [0.1, 0.15) is 5.56 Å². The lowest BCUT2D eigenvalue weighted by Crippen LogP contribution is -2.43. The fourth-order valence-electron chi connectivity index (χ4n) is 2.36. The van der Waals surface area contributed by atoms with Gasteiger partial charge < -0.3 is 20.3 Å². The first-order valence-corrected chi connectivity index (χ1v) is 8.58. The van der Waals surface area contributed by atoms with E-state index in [1.165, 1.54) is 0 Å². The lowest BCUT2D eigenvalue weighted by Gasteiger charge is -2.22. The molecule has 7 heteroatoms. The van der Waals surface area contributed by atoms with Gasteiger partial charge >= 0.3 is 0 Å². The molecule has 0 saturated carbocycles. The molecule has 2 rings (SSSR count). The number of ether oxygens (including phenoxy) is 1. The van der Waals surface area contributed by atoms with Crippen molar-refractivity contribution in [2.75, 3.05) is 39.1 Å². The lowest BCUT2D eigenvalue weighted by atomic mass is 10.2. The Morgan fingerprint density at radius 1 is 1.21 bits per heavy atom. The minimum absolute atomic E-state index is 0. The van der Waals surface area contributed by atoms with Crippen LogP contribution in [0.3, 0.4) is 0 Å². The summed E-state index contributed by atoms with van der Waals surface area (Å²) in [6.07, 6.45) is 5.37. The van der Waals surface area contributed by atoms with Gasteiger partial charge in [0.15, 0.2) is 5.96 Å². The minimum Gasteiger partial charge on any atom is -0.492 e. The molecule has 0 fully saturated rings. The van der Waals surface area contributed by atoms with Gasteiger partial charge in [-0.05, 0) is 30.3 Å². The molecular weight excluding hydrogens is 467 g/mol. The molecule has 148 valence electrons. The molecule has 0 radical (unpaired) electrons. The third-order valence-corrected chi connectivity index (χ3v) is 3.73. The molecule has 2 aromatic rings. The van der Waals surface area contributed by atoms with E-state index in [9.17, 15) is 4.79 Å². The van der Waals surface area contributed by atoms with Gasteiger partial charge in [0.1, 0.15) is 12.4 Å². The standard InChI is InChI=1S/C21H24N4O2.HI/c1-4-17-9-8-10-18(15-17)24-20(26)16-23-21(22-2)25(3)13-14-27-19-11-6-5-7-12-19;/h1,5-12,15H,13-14,16H2,2-3H3,(H,22,23)(H,24,26);1H. The van der Waals surface area contributed by atoms with Crippen molar-refractivity contribution in [1.82, 2.24) is 10.2 Å². The van der Waals surface area contributed by atoms with Gasteiger partial charge in [-0.2, -0.15) is 0 Å². The Labute approximate surface area is 183 Å². The smallest absolute Gasteiger partial charge is 0.243 e. The molecule has 28 heavy (non-hydrogen) atoms. The van der Waals surface area contributed by atoms with E-state index in [4.69, 9.17) is 11.2 Å². The van der Waals surface area contributed by atoms with Crippen LogP contribution in [0.2, 0.25) is 0 Å². The molecule has 6 nitrogen and oxygen atoms in total. The molecule has 2 aromatic carbocycles. The number of anilines is 1. The lowest BCUT2D eigenvalue weighted by molar-refractivity contribution is -0.115. The zero-order chi connectivity index (χ0) is 19.5. The SMILES string of the molecule is C#Cc1cccc(NC(=O)CNC(=NC)N(C)CCOc2ccccc2)c1.I. The fraction of sp³-hybridized carbons (Fsp3) is 0.238. The van der Waals surface area contributed by atoms with Gasteiger partial charge in [0.05, 0.1) is 13.1 Å². The van der Waals surface area contributed by atoms with Crippen LogP contribution in [0.25, 0.3) is 0 Å². The van der Waals surface area contributed by atoms with Gasteiger partial charge in [-0.1, -0.05) is 30.2 Å². The Balaban J connectivity index is 0.00000392. The predicted molar refractivity (Wildman–Crippen MR) is 124 cm³/mol. The number of terminal acetylenes is 1. The van der Waals surface area contributed by atoms with Crippen LogP contribution in [-0.4, -0.2) is 50.6 Å². The molecular formula is C21H25IN4O2. The zero-order valence-corrected chi connectivity index (χ0v) is 18.3. The minimum atomic E-state index is -0.181. The van der Waals surface area contributed by atoms with Crippen molar-refractivity contribution in [3.63, 3.8) is 0 Å². The molecule has 0 saturated heterocycles. The Bertz CT molecular complexity index is 819. The highest BCUT2D eigenvalue weighted by atomic mass is 127. The normalized spacial score (nSPS) is 10.2. The molecule has 0 aliphatic carbocycles. The fourth-order valence-corrected chi connectivity index (χ4v) is 2.36. The van der Waals surface area contributed by atoms with Crippen LogP contribution in [-0.2, 0) is 4.79 Å². The number of guanidine groups is 1. The molecule has 2 N–H and O–H groups in total. The number of rotatable bonds is 7. The van der Waals surface area contributed by atoms with Gasteiger partial charge in [0, 0.05) is 25.3 Å². The van der Waals surface area contributed by atoms with Crippen LogP contribution >= 0.6 is 24.0 Å². The quantitative estimate of drug-likeness (QED) is 0.270. The van der Waals surface area contributed by atoms with E-state index in [1.54, 1.807) is 25.2 Å². The van der Waals surface area contributed by atoms with Crippen LogP contribution in [0.4, 0.5) is 5.69 Å². The number of halogens is 1. The second-order valence-electron chi connectivity index (χ2n) is 5.76. The van der Waals surface area contributed by atoms with Crippen molar-refractivity contribution in [2.24, 2.45) is 4.99 Å². The molecule has 0 spiro atoms. The summed E-state index contributed by atoms with van der Waals surface area (Å²) in [5.74, 6) is 3.79. The number of hydrogen-bond acceptors (Lipinski definition) is 3. The summed E-state index contributed by atoms with van der Waals surface area (Å²) in [4.78, 5) is 18.2. The Morgan fingerprint density at radius 2 is 1.96 bits per heavy atom. The van der Waals surface area contributed by atoms with Crippen molar-refractivity contribution in [2.45, 2.75) is 0 Å². The first kappa shape index (κ1) is 23.3. The summed E-state index contributed by atoms with van der Waals surface area (Å²) in [6.45, 7) is 1.23. The molecule has 0 aromatic heterocycles. The van der Waals surface area contributed by atoms with Crippen molar-refractivity contribution in [1.29, 1.82) is 0 Å². The van der Waals surface area contributed by atoms with E-state index in [0.717, 1.165) is 11.3 Å². The largest absolute Gasteiger partial charge is 0.492 e. The highest BCUT2D eigenvalue weighted by Crippen LogP contribution is 2.09. The Morgan fingerprint density at radius 3 is 2.64 bits per heavy atom. The van der Waals surface area contributed by atoms with Crippen molar-refractivity contribution in [3.8, 4) is 18.1 Å². The number of likely N-dealkylation sites (N-methyl/N-ethyl adjacent to an activating group) is 1. The van der Waals surface area contributed by atoms with E-state index >= 15 is 0 Å². The van der Waals surface area contributed by atoms with Gasteiger partial charge in [-0.3, -0.25) is 9.79 Å². The number of hydrogen-bond donors (Lipinski definition) is 2. The average Bonchev–Trinajstić information content (AvgIpc) is 2.69. The van der Waals surface area contributed by atoms with Gasteiger partial charge in [0.2, 0.25) is 5.91 Å². The monoisotopic (exact) mass is 492 g/mol. The summed E-state index contributed by atoms with van der Waals surface area (Å²) >= 11 is 0. The van der Waals surface area contributed by atoms with Gasteiger partial charge in [-0.15, -0.1) is 30.4 Å². The summed E-state index contributed by atoms with van der Waals surface area (Å²) in [5, 5.41) is 5.84. The second-order valence-corrected chi connectivity index (χ2v) is 5.76. The van der Waals surface area contributed by atoms with Crippen LogP contribution in [0.15, 0.2) is 59.6 Å². The van der Waals surface area contributed by atoms with Gasteiger partial charge in [0.25, 0.3) is 0 Å². The molecule has 0 aliphatic heterocycles. The first-order valence-electron chi connectivity index (χ1n) is 8.58. The Hall–Kier alpha value is -2.73. The molecule has 0 heterocycles. The van der Waals surface area contributed by atoms with E-state index in [0.29, 0.717) is 24.8 Å². The van der Waals surface area contributed by atoms with Crippen molar-refractivity contribution in [3.05, 3.63) is 60.2 Å². The van der Waals surface area contributed by atoms with Crippen LogP contribution < -0.4 is 15.4 Å². The van der Waals surface area contributed by atoms with Crippen molar-refractivity contribution < 1.29 is 9.53 Å². The zero-order valence-electron chi connectivity index (χ0n) is 16.0. The third-order valence-electron chi connectivity index (χ3n) is 3.73. The molecule has 0 bridgehead atoms. The van der Waals surface area contributed by atoms with Crippen LogP contribution in [0.5, 0.6) is 5.75 Å². The van der Waals surface area contributed by atoms with E-state index in [2.05, 4.69) is 21.5 Å². The summed E-state index contributed by atoms with van der Waals surface area (Å²) in [7, 11) is 3.56. The maximum absolute atomic E-state index is 12.1. The highest BCUT2D eigenvalue weighted by molar-refractivity contribution is 14.0. The molecule has 0 aliphatic rings. The second kappa shape index (κ2) is 12.6. The summed E-state index contributed by atoms with van der Waals surface area (Å²) in [5.41, 5.74) is 1.38. The summed E-state index contributed by atoms with van der Waals surface area (Å²) in [6, 6.07) is 16.8. The Kier molecular flexibility index (Phi) is 10.5. The maximum atomic E-state index is 12.1. The van der Waals surface area contributed by atoms with Gasteiger partial charge in [-0.25, -0.2) is 0 Å². The number of benzene rings is 2. The number of nitrogens with one attached hydrogen (secondary N) is 2. The van der Waals surface area contributed by atoms with Crippen LogP contribution in [0, 0.1) is 12.3 Å². The topological polar surface area (TPSA) is 66.0 Å². The number of para-hydroxylation sites is 1.